The number of nitrogens with zero attached hydrogens (tertiary/aromatic N) is 7. The van der Waals surface area contributed by atoms with Crippen LogP contribution in [0.5, 0.6) is 0 Å². The fraction of sp³-hybridized carbons (Fsp3) is 0.423. The van der Waals surface area contributed by atoms with Crippen molar-refractivity contribution >= 4 is 28.7 Å². The zero-order chi connectivity index (χ0) is 23.8. The minimum atomic E-state index is -0.267. The molecule has 10 heteroatoms. The number of rotatable bonds is 7. The fourth-order valence-corrected chi connectivity index (χ4v) is 6.16. The Bertz CT molecular complexity index is 1470. The molecule has 0 bridgehead atoms. The average Bonchev–Trinajstić information content (AvgIpc) is 3.86. The van der Waals surface area contributed by atoms with Crippen molar-refractivity contribution in [3.63, 3.8) is 0 Å². The number of aromatic nitrogens is 6. The molecule has 2 unspecified atom stereocenters. The Labute approximate surface area is 212 Å². The first-order valence-corrected chi connectivity index (χ1v) is 13.7. The molecule has 182 valence electrons. The maximum absolute atomic E-state index is 13.2. The van der Waals surface area contributed by atoms with Crippen LogP contribution in [-0.4, -0.2) is 48.1 Å². The number of hydrogen-bond donors (Lipinski definition) is 1. The van der Waals surface area contributed by atoms with E-state index in [1.807, 2.05) is 36.4 Å². The van der Waals surface area contributed by atoms with Crippen molar-refractivity contribution in [3.05, 3.63) is 53.9 Å². The molecule has 8 rings (SSSR count). The predicted molar refractivity (Wildman–Crippen MR) is 137 cm³/mol. The third kappa shape index (κ3) is 3.62. The summed E-state index contributed by atoms with van der Waals surface area (Å²) in [6, 6.07) is 2.41. The molecule has 3 aliphatic carbocycles. The molecule has 4 aliphatic rings. The van der Waals surface area contributed by atoms with Crippen molar-refractivity contribution in [2.45, 2.75) is 44.1 Å². The number of hydrogen-bond acceptors (Lipinski definition) is 7. The van der Waals surface area contributed by atoms with Gasteiger partial charge in [-0.1, -0.05) is 0 Å². The first-order chi connectivity index (χ1) is 17.7. The van der Waals surface area contributed by atoms with Gasteiger partial charge in [0.2, 0.25) is 0 Å². The third-order valence-corrected chi connectivity index (χ3v) is 8.67. The highest BCUT2D eigenvalue weighted by molar-refractivity contribution is 7.13. The molecule has 1 saturated heterocycles. The van der Waals surface area contributed by atoms with E-state index in [9.17, 15) is 4.79 Å². The highest BCUT2D eigenvalue weighted by Gasteiger charge is 2.45. The van der Waals surface area contributed by atoms with Crippen LogP contribution >= 0.6 is 11.3 Å². The van der Waals surface area contributed by atoms with Crippen LogP contribution in [0.15, 0.2) is 42.6 Å². The highest BCUT2D eigenvalue weighted by Crippen LogP contribution is 2.47. The summed E-state index contributed by atoms with van der Waals surface area (Å²) in [5.41, 5.74) is 3.53. The lowest BCUT2D eigenvalue weighted by atomic mass is 10.2. The number of pyridine rings is 1. The van der Waals surface area contributed by atoms with E-state index in [4.69, 9.17) is 0 Å². The van der Waals surface area contributed by atoms with Crippen molar-refractivity contribution < 1.29 is 4.79 Å². The topological polar surface area (TPSA) is 93.8 Å². The molecule has 1 N–H and O–H groups in total. The predicted octanol–water partition coefficient (Wildman–Crippen LogP) is 4.51. The molecule has 0 aromatic carbocycles. The van der Waals surface area contributed by atoms with E-state index >= 15 is 0 Å². The standard InChI is InChI=1S/C26H26N8OS/c35-25(30-23-13-36-26(31-23)24-27-5-6-34(24)18-3-4-18)19-8-21(33-12-20(29-14-33)15-1-2-15)22(9-28-19)32-10-16-7-17(16)11-32/h5-6,8-9,12-18H,1-4,7,10-11H2,(H,30,35). The van der Waals surface area contributed by atoms with E-state index < -0.39 is 0 Å². The van der Waals surface area contributed by atoms with Gasteiger partial charge in [-0.25, -0.2) is 19.9 Å². The zero-order valence-corrected chi connectivity index (χ0v) is 20.6. The van der Waals surface area contributed by atoms with Crippen LogP contribution in [0.2, 0.25) is 0 Å². The van der Waals surface area contributed by atoms with Gasteiger partial charge in [-0.05, 0) is 50.0 Å². The van der Waals surface area contributed by atoms with Gasteiger partial charge in [0.05, 0.1) is 29.6 Å². The number of piperidine rings is 1. The number of amides is 1. The summed E-state index contributed by atoms with van der Waals surface area (Å²) in [4.78, 5) is 34.0. The SMILES string of the molecule is O=C(Nc1csc(-c2nccn2C2CC2)n1)c1cc(-n2cnc(C3CC3)c2)c(N2CC3CC3C2)cn1. The smallest absolute Gasteiger partial charge is 0.275 e. The molecule has 9 nitrogen and oxygen atoms in total. The first-order valence-electron chi connectivity index (χ1n) is 12.8. The summed E-state index contributed by atoms with van der Waals surface area (Å²) in [5.74, 6) is 3.31. The molecule has 5 heterocycles. The summed E-state index contributed by atoms with van der Waals surface area (Å²) >= 11 is 1.49. The normalized spacial score (nSPS) is 22.6. The van der Waals surface area contributed by atoms with E-state index in [2.05, 4.69) is 45.5 Å². The van der Waals surface area contributed by atoms with Gasteiger partial charge in [0.15, 0.2) is 10.8 Å². The van der Waals surface area contributed by atoms with Crippen LogP contribution in [0, 0.1) is 11.8 Å². The van der Waals surface area contributed by atoms with Crippen molar-refractivity contribution in [2.24, 2.45) is 11.8 Å². The molecule has 2 atom stereocenters. The molecule has 4 aromatic heterocycles. The van der Waals surface area contributed by atoms with Crippen LogP contribution in [0.25, 0.3) is 16.5 Å². The second-order valence-corrected chi connectivity index (χ2v) is 11.4. The number of carbonyl (C=O) groups excluding carboxylic acids is 1. The van der Waals surface area contributed by atoms with Crippen LogP contribution < -0.4 is 10.2 Å². The van der Waals surface area contributed by atoms with E-state index in [0.717, 1.165) is 52.8 Å². The number of thiazole rings is 1. The van der Waals surface area contributed by atoms with E-state index in [-0.39, 0.29) is 5.91 Å². The molecule has 36 heavy (non-hydrogen) atoms. The molecular formula is C26H26N8OS. The minimum Gasteiger partial charge on any atom is -0.368 e. The van der Waals surface area contributed by atoms with E-state index in [0.29, 0.717) is 23.5 Å². The van der Waals surface area contributed by atoms with Crippen LogP contribution in [0.3, 0.4) is 0 Å². The van der Waals surface area contributed by atoms with Crippen molar-refractivity contribution in [1.29, 1.82) is 0 Å². The lowest BCUT2D eigenvalue weighted by Gasteiger charge is -2.23. The van der Waals surface area contributed by atoms with Gasteiger partial charge in [-0.3, -0.25) is 4.79 Å². The molecular weight excluding hydrogens is 472 g/mol. The van der Waals surface area contributed by atoms with E-state index in [1.54, 1.807) is 0 Å². The molecule has 4 fully saturated rings. The Kier molecular flexibility index (Phi) is 4.43. The Morgan fingerprint density at radius 2 is 1.92 bits per heavy atom. The fourth-order valence-electron chi connectivity index (χ4n) is 5.41. The summed E-state index contributed by atoms with van der Waals surface area (Å²) in [5, 5.41) is 5.62. The van der Waals surface area contributed by atoms with Gasteiger partial charge in [0.1, 0.15) is 11.5 Å². The van der Waals surface area contributed by atoms with Gasteiger partial charge in [0.25, 0.3) is 5.91 Å². The summed E-state index contributed by atoms with van der Waals surface area (Å²) < 4.78 is 4.24. The summed E-state index contributed by atoms with van der Waals surface area (Å²) in [6.45, 7) is 2.13. The highest BCUT2D eigenvalue weighted by atomic mass is 32.1. The molecule has 3 saturated carbocycles. The Morgan fingerprint density at radius 1 is 1.06 bits per heavy atom. The number of fused-ring (bicyclic) bond motifs is 1. The second kappa shape index (κ2) is 7.73. The Balaban J connectivity index is 1.08. The lowest BCUT2D eigenvalue weighted by molar-refractivity contribution is 0.102. The Morgan fingerprint density at radius 3 is 2.72 bits per heavy atom. The van der Waals surface area contributed by atoms with Crippen molar-refractivity contribution in [2.75, 3.05) is 23.3 Å². The maximum Gasteiger partial charge on any atom is 0.275 e. The molecule has 1 amide bonds. The summed E-state index contributed by atoms with van der Waals surface area (Å²) in [6.07, 6.45) is 15.8. The molecule has 4 aromatic rings. The van der Waals surface area contributed by atoms with Crippen molar-refractivity contribution in [3.8, 4) is 16.5 Å². The monoisotopic (exact) mass is 498 g/mol. The van der Waals surface area contributed by atoms with Gasteiger partial charge >= 0.3 is 0 Å². The quantitative estimate of drug-likeness (QED) is 0.403. The number of imidazole rings is 2. The number of carbonyl (C=O) groups is 1. The first kappa shape index (κ1) is 20.6. The maximum atomic E-state index is 13.2. The van der Waals surface area contributed by atoms with Crippen molar-refractivity contribution in [1.82, 2.24) is 29.1 Å². The average molecular weight is 499 g/mol. The summed E-state index contributed by atoms with van der Waals surface area (Å²) in [7, 11) is 0. The lowest BCUT2D eigenvalue weighted by Crippen LogP contribution is -2.24. The van der Waals surface area contributed by atoms with Gasteiger partial charge in [-0.15, -0.1) is 11.3 Å². The van der Waals surface area contributed by atoms with Crippen LogP contribution in [0.1, 0.15) is 60.2 Å². The van der Waals surface area contributed by atoms with Crippen LogP contribution in [0.4, 0.5) is 11.5 Å². The molecule has 0 spiro atoms. The number of nitrogens with one attached hydrogen (secondary N) is 1. The number of anilines is 2. The largest absolute Gasteiger partial charge is 0.368 e. The van der Waals surface area contributed by atoms with Gasteiger partial charge in [0, 0.05) is 49.0 Å². The zero-order valence-electron chi connectivity index (χ0n) is 19.7. The third-order valence-electron chi connectivity index (χ3n) is 7.84. The van der Waals surface area contributed by atoms with Gasteiger partial charge < -0.3 is 19.4 Å². The van der Waals surface area contributed by atoms with Gasteiger partial charge in [-0.2, -0.15) is 0 Å². The van der Waals surface area contributed by atoms with Crippen LogP contribution in [-0.2, 0) is 0 Å². The molecule has 1 aliphatic heterocycles. The van der Waals surface area contributed by atoms with E-state index in [1.165, 1.54) is 43.4 Å². The second-order valence-electron chi connectivity index (χ2n) is 10.6. The Hall–Kier alpha value is -3.53. The minimum absolute atomic E-state index is 0.267. The molecule has 0 radical (unpaired) electrons.